The second-order valence-electron chi connectivity index (χ2n) is 4.07. The van der Waals surface area contributed by atoms with Crippen molar-refractivity contribution in [3.05, 3.63) is 27.8 Å². The molecule has 1 aliphatic carbocycles. The third-order valence-electron chi connectivity index (χ3n) is 2.74. The van der Waals surface area contributed by atoms with E-state index >= 15 is 0 Å². The van der Waals surface area contributed by atoms with E-state index in [2.05, 4.69) is 4.98 Å². The van der Waals surface area contributed by atoms with E-state index in [9.17, 15) is 4.39 Å². The van der Waals surface area contributed by atoms with Crippen LogP contribution in [0.3, 0.4) is 0 Å². The maximum Gasteiger partial charge on any atom is 0.166 e. The van der Waals surface area contributed by atoms with E-state index in [1.54, 1.807) is 0 Å². The summed E-state index contributed by atoms with van der Waals surface area (Å²) in [6.07, 6.45) is 3.54. The van der Waals surface area contributed by atoms with E-state index in [4.69, 9.17) is 28.9 Å². The van der Waals surface area contributed by atoms with Crippen molar-refractivity contribution in [2.24, 2.45) is 5.73 Å². The highest BCUT2D eigenvalue weighted by Gasteiger charge is 2.37. The van der Waals surface area contributed by atoms with Crippen molar-refractivity contribution in [2.75, 3.05) is 0 Å². The van der Waals surface area contributed by atoms with Crippen molar-refractivity contribution in [3.8, 4) is 0 Å². The molecular weight excluding hydrogens is 238 g/mol. The molecule has 0 amide bonds. The third kappa shape index (κ3) is 2.60. The van der Waals surface area contributed by atoms with Gasteiger partial charge in [0, 0.05) is 5.54 Å². The summed E-state index contributed by atoms with van der Waals surface area (Å²) in [4.78, 5) is 3.71. The van der Waals surface area contributed by atoms with Crippen LogP contribution in [0.1, 0.15) is 24.8 Å². The number of nitrogens with two attached hydrogens (primary N) is 1. The Morgan fingerprint density at radius 2 is 2.07 bits per heavy atom. The number of hydrogen-bond acceptors (Lipinski definition) is 2. The Balaban J connectivity index is 2.10. The molecule has 0 radical (unpaired) electrons. The number of nitrogens with zero attached hydrogens (tertiary/aromatic N) is 1. The topological polar surface area (TPSA) is 38.9 Å². The summed E-state index contributed by atoms with van der Waals surface area (Å²) in [6.45, 7) is 0. The summed E-state index contributed by atoms with van der Waals surface area (Å²) in [7, 11) is 0. The first-order valence-corrected chi connectivity index (χ1v) is 5.55. The molecule has 1 fully saturated rings. The molecule has 0 spiro atoms. The van der Waals surface area contributed by atoms with Crippen LogP contribution in [-0.4, -0.2) is 10.5 Å². The van der Waals surface area contributed by atoms with Gasteiger partial charge in [0.25, 0.3) is 0 Å². The minimum atomic E-state index is -0.530. The van der Waals surface area contributed by atoms with E-state index in [1.165, 1.54) is 6.07 Å². The van der Waals surface area contributed by atoms with Gasteiger partial charge in [0.1, 0.15) is 5.15 Å². The molecule has 2 rings (SSSR count). The Morgan fingerprint density at radius 1 is 1.40 bits per heavy atom. The van der Waals surface area contributed by atoms with E-state index in [-0.39, 0.29) is 15.8 Å². The fraction of sp³-hybridized carbons (Fsp3) is 0.500. The second-order valence-corrected chi connectivity index (χ2v) is 4.79. The monoisotopic (exact) mass is 248 g/mol. The largest absolute Gasteiger partial charge is 0.325 e. The van der Waals surface area contributed by atoms with Gasteiger partial charge in [-0.05, 0) is 37.3 Å². The Hall–Kier alpha value is -0.380. The summed E-state index contributed by atoms with van der Waals surface area (Å²) in [5.41, 5.74) is 6.55. The van der Waals surface area contributed by atoms with E-state index in [0.717, 1.165) is 19.3 Å². The smallest absolute Gasteiger partial charge is 0.166 e. The quantitative estimate of drug-likeness (QED) is 0.836. The van der Waals surface area contributed by atoms with E-state index in [0.29, 0.717) is 12.0 Å². The number of aromatic nitrogens is 1. The Bertz CT molecular complexity index is 391. The molecule has 1 aromatic rings. The fourth-order valence-corrected chi connectivity index (χ4v) is 1.87. The van der Waals surface area contributed by atoms with Gasteiger partial charge in [-0.1, -0.05) is 23.2 Å². The van der Waals surface area contributed by atoms with Gasteiger partial charge in [-0.15, -0.1) is 0 Å². The average Bonchev–Trinajstić information content (AvgIpc) is 2.89. The predicted molar refractivity (Wildman–Crippen MR) is 58.7 cm³/mol. The Morgan fingerprint density at radius 3 is 2.67 bits per heavy atom. The zero-order chi connectivity index (χ0) is 11.1. The predicted octanol–water partition coefficient (Wildman–Crippen LogP) is 2.95. The van der Waals surface area contributed by atoms with Gasteiger partial charge < -0.3 is 5.73 Å². The van der Waals surface area contributed by atoms with Gasteiger partial charge >= 0.3 is 0 Å². The molecule has 1 saturated carbocycles. The lowest BCUT2D eigenvalue weighted by atomic mass is 10.1. The molecule has 0 unspecified atom stereocenters. The molecule has 2 N–H and O–H groups in total. The van der Waals surface area contributed by atoms with Crippen molar-refractivity contribution in [2.45, 2.75) is 31.2 Å². The Kier molecular flexibility index (Phi) is 2.88. The Labute approximate surface area is 97.6 Å². The number of hydrogen-bond donors (Lipinski definition) is 1. The van der Waals surface area contributed by atoms with Gasteiger partial charge in [-0.2, -0.15) is 0 Å². The van der Waals surface area contributed by atoms with Crippen LogP contribution in [0.15, 0.2) is 6.07 Å². The van der Waals surface area contributed by atoms with Crippen LogP contribution in [-0.2, 0) is 6.42 Å². The highest BCUT2D eigenvalue weighted by Crippen LogP contribution is 2.37. The van der Waals surface area contributed by atoms with Crippen LogP contribution < -0.4 is 5.73 Å². The molecule has 82 valence electrons. The summed E-state index contributed by atoms with van der Waals surface area (Å²) in [5.74, 6) is -0.530. The highest BCUT2D eigenvalue weighted by atomic mass is 35.5. The molecule has 1 aromatic heterocycles. The third-order valence-corrected chi connectivity index (χ3v) is 3.34. The number of rotatable bonds is 3. The molecule has 5 heteroatoms. The van der Waals surface area contributed by atoms with Crippen molar-refractivity contribution < 1.29 is 4.39 Å². The van der Waals surface area contributed by atoms with Crippen molar-refractivity contribution in [3.63, 3.8) is 0 Å². The molecule has 0 saturated heterocycles. The van der Waals surface area contributed by atoms with Crippen LogP contribution in [0.4, 0.5) is 4.39 Å². The van der Waals surface area contributed by atoms with E-state index in [1.807, 2.05) is 0 Å². The lowest BCUT2D eigenvalue weighted by Gasteiger charge is -2.09. The number of halogens is 3. The van der Waals surface area contributed by atoms with Crippen molar-refractivity contribution in [1.29, 1.82) is 0 Å². The molecule has 0 atom stereocenters. The molecule has 1 heterocycles. The highest BCUT2D eigenvalue weighted by molar-refractivity contribution is 6.32. The van der Waals surface area contributed by atoms with Gasteiger partial charge in [0.2, 0.25) is 0 Å². The van der Waals surface area contributed by atoms with Crippen LogP contribution >= 0.6 is 23.2 Å². The summed E-state index contributed by atoms with van der Waals surface area (Å²) < 4.78 is 13.1. The van der Waals surface area contributed by atoms with Gasteiger partial charge in [-0.25, -0.2) is 9.37 Å². The summed E-state index contributed by atoms with van der Waals surface area (Å²) in [5, 5.41) is 0.0864. The minimum Gasteiger partial charge on any atom is -0.325 e. The fourth-order valence-electron chi connectivity index (χ4n) is 1.45. The normalized spacial score (nSPS) is 17.9. The van der Waals surface area contributed by atoms with Gasteiger partial charge in [0.15, 0.2) is 11.0 Å². The molecule has 1 aliphatic rings. The first-order valence-electron chi connectivity index (χ1n) is 4.79. The number of aryl methyl sites for hydroxylation is 1. The standard InChI is InChI=1S/C10H11Cl2FN2/c11-8-6(1-2-10(14)3-4-10)5-7(13)9(12)15-8/h5H,1-4,14H2. The molecule has 15 heavy (non-hydrogen) atoms. The lowest BCUT2D eigenvalue weighted by Crippen LogP contribution is -2.22. The molecule has 2 nitrogen and oxygen atoms in total. The average molecular weight is 249 g/mol. The molecule has 0 aliphatic heterocycles. The van der Waals surface area contributed by atoms with Crippen LogP contribution in [0, 0.1) is 5.82 Å². The maximum atomic E-state index is 13.1. The van der Waals surface area contributed by atoms with Crippen LogP contribution in [0.25, 0.3) is 0 Å². The first-order chi connectivity index (χ1) is 7.00. The second kappa shape index (κ2) is 3.89. The number of pyridine rings is 1. The zero-order valence-corrected chi connectivity index (χ0v) is 9.58. The van der Waals surface area contributed by atoms with Gasteiger partial charge in [0.05, 0.1) is 0 Å². The van der Waals surface area contributed by atoms with Crippen molar-refractivity contribution >= 4 is 23.2 Å². The summed E-state index contributed by atoms with van der Waals surface area (Å²) in [6, 6.07) is 1.34. The molecular formula is C10H11Cl2FN2. The first kappa shape index (κ1) is 11.1. The minimum absolute atomic E-state index is 0.0561. The molecule has 0 bridgehead atoms. The molecule has 0 aromatic carbocycles. The van der Waals surface area contributed by atoms with E-state index < -0.39 is 5.82 Å². The summed E-state index contributed by atoms with van der Waals surface area (Å²) >= 11 is 11.3. The SMILES string of the molecule is NC1(CCc2cc(F)c(Cl)nc2Cl)CC1. The lowest BCUT2D eigenvalue weighted by molar-refractivity contribution is 0.595. The maximum absolute atomic E-state index is 13.1. The van der Waals surface area contributed by atoms with Crippen molar-refractivity contribution in [1.82, 2.24) is 4.98 Å². The zero-order valence-electron chi connectivity index (χ0n) is 8.06. The van der Waals surface area contributed by atoms with Crippen LogP contribution in [0.5, 0.6) is 0 Å². The van der Waals surface area contributed by atoms with Gasteiger partial charge in [-0.3, -0.25) is 0 Å². The van der Waals surface area contributed by atoms with Crippen LogP contribution in [0.2, 0.25) is 10.3 Å².